The second kappa shape index (κ2) is 5.65. The van der Waals surface area contributed by atoms with Crippen LogP contribution in [0.4, 0.5) is 0 Å². The van der Waals surface area contributed by atoms with Crippen molar-refractivity contribution in [2.24, 2.45) is 0 Å². The summed E-state index contributed by atoms with van der Waals surface area (Å²) in [5.74, 6) is 0. The zero-order chi connectivity index (χ0) is 17.5. The van der Waals surface area contributed by atoms with Crippen LogP contribution in [0, 0.1) is 18.3 Å². The standard InChI is InChI=1S/C21H20N2O/c1-13-10-15(21(2,3)4)8-9-16(13)18-11-19(24)20-14(12-22)6-5-7-17(20)23-18/h5-11H,1-4H3,(H,23,24). The molecule has 0 saturated carbocycles. The molecular formula is C21H20N2O. The van der Waals surface area contributed by atoms with Crippen LogP contribution in [0.2, 0.25) is 0 Å². The van der Waals surface area contributed by atoms with Crippen LogP contribution in [0.3, 0.4) is 0 Å². The van der Waals surface area contributed by atoms with Crippen LogP contribution < -0.4 is 5.43 Å². The molecule has 0 bridgehead atoms. The van der Waals surface area contributed by atoms with Crippen molar-refractivity contribution < 1.29 is 0 Å². The number of H-pyrrole nitrogens is 1. The highest BCUT2D eigenvalue weighted by atomic mass is 16.1. The van der Waals surface area contributed by atoms with Crippen LogP contribution >= 0.6 is 0 Å². The summed E-state index contributed by atoms with van der Waals surface area (Å²) in [6.07, 6.45) is 0. The first-order valence-corrected chi connectivity index (χ1v) is 7.99. The Labute approximate surface area is 141 Å². The van der Waals surface area contributed by atoms with Gasteiger partial charge in [-0.1, -0.05) is 45.0 Å². The Morgan fingerprint density at radius 2 is 1.83 bits per heavy atom. The monoisotopic (exact) mass is 316 g/mol. The number of aromatic nitrogens is 1. The lowest BCUT2D eigenvalue weighted by molar-refractivity contribution is 0.590. The fraction of sp³-hybridized carbons (Fsp3) is 0.238. The van der Waals surface area contributed by atoms with Gasteiger partial charge in [-0.15, -0.1) is 0 Å². The number of pyridine rings is 1. The molecule has 3 heteroatoms. The van der Waals surface area contributed by atoms with Gasteiger partial charge in [0.15, 0.2) is 5.43 Å². The summed E-state index contributed by atoms with van der Waals surface area (Å²) in [6.45, 7) is 8.60. The fourth-order valence-electron chi connectivity index (χ4n) is 2.98. The average Bonchev–Trinajstić information content (AvgIpc) is 2.53. The SMILES string of the molecule is Cc1cc(C(C)(C)C)ccc1-c1cc(=O)c2c(C#N)cccc2[nH]1. The zero-order valence-electron chi connectivity index (χ0n) is 14.4. The summed E-state index contributed by atoms with van der Waals surface area (Å²) in [7, 11) is 0. The minimum Gasteiger partial charge on any atom is -0.354 e. The maximum atomic E-state index is 12.5. The zero-order valence-corrected chi connectivity index (χ0v) is 14.4. The van der Waals surface area contributed by atoms with E-state index in [1.54, 1.807) is 18.2 Å². The molecule has 0 aliphatic heterocycles. The predicted octanol–water partition coefficient (Wildman–Crippen LogP) is 4.67. The van der Waals surface area contributed by atoms with Gasteiger partial charge in [0.2, 0.25) is 0 Å². The quantitative estimate of drug-likeness (QED) is 0.709. The second-order valence-electron chi connectivity index (χ2n) is 7.17. The molecule has 0 unspecified atom stereocenters. The molecule has 24 heavy (non-hydrogen) atoms. The number of benzene rings is 2. The molecule has 1 aromatic heterocycles. The van der Waals surface area contributed by atoms with Crippen molar-refractivity contribution in [1.82, 2.24) is 4.98 Å². The number of nitrogens with zero attached hydrogens (tertiary/aromatic N) is 1. The Morgan fingerprint density at radius 3 is 2.46 bits per heavy atom. The Hall–Kier alpha value is -2.86. The van der Waals surface area contributed by atoms with Gasteiger partial charge in [-0.3, -0.25) is 4.79 Å². The van der Waals surface area contributed by atoms with Gasteiger partial charge in [0, 0.05) is 17.3 Å². The summed E-state index contributed by atoms with van der Waals surface area (Å²) in [6, 6.07) is 15.3. The normalized spacial score (nSPS) is 11.5. The Morgan fingerprint density at radius 1 is 1.08 bits per heavy atom. The Kier molecular flexibility index (Phi) is 3.77. The van der Waals surface area contributed by atoms with Crippen LogP contribution in [0.15, 0.2) is 47.3 Å². The molecule has 0 spiro atoms. The van der Waals surface area contributed by atoms with E-state index in [4.69, 9.17) is 0 Å². The van der Waals surface area contributed by atoms with Crippen molar-refractivity contribution in [3.63, 3.8) is 0 Å². The summed E-state index contributed by atoms with van der Waals surface area (Å²) in [5, 5.41) is 9.65. The highest BCUT2D eigenvalue weighted by Gasteiger charge is 2.15. The van der Waals surface area contributed by atoms with E-state index in [0.29, 0.717) is 16.5 Å². The van der Waals surface area contributed by atoms with Crippen LogP contribution in [0.1, 0.15) is 37.5 Å². The fourth-order valence-corrected chi connectivity index (χ4v) is 2.98. The van der Waals surface area contributed by atoms with Crippen LogP contribution in [-0.2, 0) is 5.41 Å². The number of hydrogen-bond acceptors (Lipinski definition) is 2. The maximum absolute atomic E-state index is 12.5. The molecule has 3 rings (SSSR count). The predicted molar refractivity (Wildman–Crippen MR) is 98.2 cm³/mol. The number of aryl methyl sites for hydroxylation is 1. The lowest BCUT2D eigenvalue weighted by Crippen LogP contribution is -2.11. The van der Waals surface area contributed by atoms with Crippen molar-refractivity contribution in [3.8, 4) is 17.3 Å². The number of rotatable bonds is 1. The van der Waals surface area contributed by atoms with Crippen molar-refractivity contribution in [2.45, 2.75) is 33.1 Å². The van der Waals surface area contributed by atoms with E-state index < -0.39 is 0 Å². The Balaban J connectivity index is 2.22. The van der Waals surface area contributed by atoms with Crippen molar-refractivity contribution in [3.05, 3.63) is 69.4 Å². The molecule has 0 aliphatic rings. The summed E-state index contributed by atoms with van der Waals surface area (Å²) in [4.78, 5) is 15.8. The van der Waals surface area contributed by atoms with Crippen LogP contribution in [0.25, 0.3) is 22.2 Å². The summed E-state index contributed by atoms with van der Waals surface area (Å²) in [5.41, 5.74) is 5.21. The highest BCUT2D eigenvalue weighted by molar-refractivity contribution is 5.86. The molecule has 2 aromatic carbocycles. The van der Waals surface area contributed by atoms with Gasteiger partial charge in [0.05, 0.1) is 22.5 Å². The van der Waals surface area contributed by atoms with Gasteiger partial charge in [-0.2, -0.15) is 5.26 Å². The first-order valence-electron chi connectivity index (χ1n) is 7.99. The lowest BCUT2D eigenvalue weighted by atomic mass is 9.85. The van der Waals surface area contributed by atoms with E-state index in [2.05, 4.69) is 56.9 Å². The van der Waals surface area contributed by atoms with Crippen molar-refractivity contribution >= 4 is 10.9 Å². The first-order chi connectivity index (χ1) is 11.3. The summed E-state index contributed by atoms with van der Waals surface area (Å²) < 4.78 is 0. The second-order valence-corrected chi connectivity index (χ2v) is 7.17. The molecule has 3 aromatic rings. The van der Waals surface area contributed by atoms with E-state index in [9.17, 15) is 10.1 Å². The van der Waals surface area contributed by atoms with Gasteiger partial charge in [0.25, 0.3) is 0 Å². The van der Waals surface area contributed by atoms with E-state index >= 15 is 0 Å². The van der Waals surface area contributed by atoms with E-state index in [1.807, 2.05) is 6.07 Å². The molecule has 120 valence electrons. The van der Waals surface area contributed by atoms with Crippen LogP contribution in [-0.4, -0.2) is 4.98 Å². The average molecular weight is 316 g/mol. The lowest BCUT2D eigenvalue weighted by Gasteiger charge is -2.20. The van der Waals surface area contributed by atoms with Crippen molar-refractivity contribution in [1.29, 1.82) is 5.26 Å². The highest BCUT2D eigenvalue weighted by Crippen LogP contribution is 2.29. The molecular weight excluding hydrogens is 296 g/mol. The molecule has 0 saturated heterocycles. The van der Waals surface area contributed by atoms with Gasteiger partial charge in [-0.05, 0) is 35.6 Å². The van der Waals surface area contributed by atoms with Gasteiger partial charge in [-0.25, -0.2) is 0 Å². The molecule has 3 nitrogen and oxygen atoms in total. The number of nitrogens with one attached hydrogen (secondary N) is 1. The molecule has 0 atom stereocenters. The third-order valence-corrected chi connectivity index (χ3v) is 4.36. The number of fused-ring (bicyclic) bond motifs is 1. The molecule has 0 amide bonds. The topological polar surface area (TPSA) is 56.6 Å². The first kappa shape index (κ1) is 16.0. The minimum atomic E-state index is -0.129. The number of hydrogen-bond donors (Lipinski definition) is 1. The van der Waals surface area contributed by atoms with Gasteiger partial charge >= 0.3 is 0 Å². The smallest absolute Gasteiger partial charge is 0.191 e. The molecule has 0 radical (unpaired) electrons. The maximum Gasteiger partial charge on any atom is 0.191 e. The molecule has 0 aliphatic carbocycles. The number of aromatic amines is 1. The molecule has 1 N–H and O–H groups in total. The molecule has 0 fully saturated rings. The van der Waals surface area contributed by atoms with Gasteiger partial charge in [0.1, 0.15) is 0 Å². The number of nitriles is 1. The van der Waals surface area contributed by atoms with Gasteiger partial charge < -0.3 is 4.98 Å². The third-order valence-electron chi connectivity index (χ3n) is 4.36. The van der Waals surface area contributed by atoms with E-state index in [0.717, 1.165) is 16.8 Å². The van der Waals surface area contributed by atoms with E-state index in [1.165, 1.54) is 5.56 Å². The minimum absolute atomic E-state index is 0.0851. The third kappa shape index (κ3) is 2.72. The molecule has 1 heterocycles. The van der Waals surface area contributed by atoms with Crippen LogP contribution in [0.5, 0.6) is 0 Å². The Bertz CT molecular complexity index is 1030. The van der Waals surface area contributed by atoms with E-state index in [-0.39, 0.29) is 10.8 Å². The largest absolute Gasteiger partial charge is 0.354 e. The summed E-state index contributed by atoms with van der Waals surface area (Å²) >= 11 is 0. The van der Waals surface area contributed by atoms with Crippen molar-refractivity contribution in [2.75, 3.05) is 0 Å².